The second kappa shape index (κ2) is 8.23. The predicted octanol–water partition coefficient (Wildman–Crippen LogP) is 4.66. The monoisotopic (exact) mass is 379 g/mol. The van der Waals surface area contributed by atoms with Gasteiger partial charge in [0, 0.05) is 61.5 Å². The number of nitrogens with zero attached hydrogens (tertiary/aromatic N) is 3. The summed E-state index contributed by atoms with van der Waals surface area (Å²) < 4.78 is 4.09. The van der Waals surface area contributed by atoms with Gasteiger partial charge in [-0.3, -0.25) is 4.79 Å². The summed E-state index contributed by atoms with van der Waals surface area (Å²) in [4.78, 5) is 17.3. The van der Waals surface area contributed by atoms with Crippen LogP contribution in [-0.2, 0) is 20.0 Å². The fourth-order valence-electron chi connectivity index (χ4n) is 3.41. The molecule has 2 aromatic carbocycles. The number of hydrogen-bond acceptors (Lipinski definition) is 2. The lowest BCUT2D eigenvalue weighted by Crippen LogP contribution is -2.09. The number of rotatable bonds is 6. The smallest absolute Gasteiger partial charge is 0.166 e. The minimum atomic E-state index is 0. The molecular formula is C22H22ClN3O. The second-order valence-electron chi connectivity index (χ2n) is 6.54. The molecule has 0 atom stereocenters. The van der Waals surface area contributed by atoms with Crippen LogP contribution in [0.2, 0.25) is 0 Å². The highest BCUT2D eigenvalue weighted by Crippen LogP contribution is 2.22. The van der Waals surface area contributed by atoms with Crippen LogP contribution in [0.25, 0.3) is 10.9 Å². The van der Waals surface area contributed by atoms with E-state index in [1.165, 1.54) is 5.56 Å². The van der Waals surface area contributed by atoms with Crippen LogP contribution in [0.5, 0.6) is 0 Å². The Kier molecular flexibility index (Phi) is 5.77. The van der Waals surface area contributed by atoms with Crippen LogP contribution < -0.4 is 0 Å². The number of Topliss-reactive ketones (excluding diaryl/α,β-unsaturated/α-hetero) is 1. The van der Waals surface area contributed by atoms with E-state index in [0.717, 1.165) is 28.7 Å². The maximum atomic E-state index is 12.8. The van der Waals surface area contributed by atoms with Crippen molar-refractivity contribution in [2.24, 2.45) is 7.05 Å². The standard InChI is InChI=1S/C22H21N3O.ClH/c1-24-16-19(18-9-5-6-10-20(18)24)21(26)11-13-25-14-12-23-22(25)15-17-7-3-2-4-8-17;/h2-10,12,14,16H,11,13,15H2,1H3;1H. The maximum Gasteiger partial charge on any atom is 0.166 e. The van der Waals surface area contributed by atoms with E-state index in [2.05, 4.69) is 21.7 Å². The normalized spacial score (nSPS) is 10.7. The van der Waals surface area contributed by atoms with Crippen molar-refractivity contribution in [1.29, 1.82) is 0 Å². The number of carbonyl (C=O) groups excluding carboxylic acids is 1. The summed E-state index contributed by atoms with van der Waals surface area (Å²) in [7, 11) is 1.98. The molecule has 5 heteroatoms. The summed E-state index contributed by atoms with van der Waals surface area (Å²) in [5.74, 6) is 1.16. The molecule has 4 nitrogen and oxygen atoms in total. The van der Waals surface area contributed by atoms with Gasteiger partial charge in [-0.05, 0) is 11.6 Å². The van der Waals surface area contributed by atoms with Gasteiger partial charge in [0.25, 0.3) is 0 Å². The van der Waals surface area contributed by atoms with Crippen molar-refractivity contribution in [3.63, 3.8) is 0 Å². The zero-order chi connectivity index (χ0) is 17.9. The van der Waals surface area contributed by atoms with Gasteiger partial charge in [-0.2, -0.15) is 0 Å². The van der Waals surface area contributed by atoms with Gasteiger partial charge in [0.2, 0.25) is 0 Å². The van der Waals surface area contributed by atoms with Crippen LogP contribution in [0.15, 0.2) is 73.2 Å². The van der Waals surface area contributed by atoms with Crippen LogP contribution in [0, 0.1) is 0 Å². The van der Waals surface area contributed by atoms with Gasteiger partial charge in [-0.25, -0.2) is 4.98 Å². The van der Waals surface area contributed by atoms with Crippen molar-refractivity contribution in [2.75, 3.05) is 0 Å². The molecule has 0 amide bonds. The van der Waals surface area contributed by atoms with Crippen molar-refractivity contribution in [1.82, 2.24) is 14.1 Å². The summed E-state index contributed by atoms with van der Waals surface area (Å²) in [6.07, 6.45) is 6.93. The van der Waals surface area contributed by atoms with E-state index in [0.29, 0.717) is 13.0 Å². The van der Waals surface area contributed by atoms with Gasteiger partial charge in [0.05, 0.1) is 0 Å². The lowest BCUT2D eigenvalue weighted by molar-refractivity contribution is 0.0978. The third-order valence-electron chi connectivity index (χ3n) is 4.78. The lowest BCUT2D eigenvalue weighted by atomic mass is 10.1. The van der Waals surface area contributed by atoms with Crippen LogP contribution >= 0.6 is 12.4 Å². The number of aromatic nitrogens is 3. The van der Waals surface area contributed by atoms with Crippen LogP contribution in [0.1, 0.15) is 28.2 Å². The molecule has 0 spiro atoms. The number of imidazole rings is 1. The number of para-hydroxylation sites is 1. The number of halogens is 1. The minimum Gasteiger partial charge on any atom is -0.350 e. The predicted molar refractivity (Wildman–Crippen MR) is 111 cm³/mol. The van der Waals surface area contributed by atoms with E-state index in [1.54, 1.807) is 6.20 Å². The van der Waals surface area contributed by atoms with Crippen molar-refractivity contribution in [2.45, 2.75) is 19.4 Å². The summed E-state index contributed by atoms with van der Waals surface area (Å²) in [5.41, 5.74) is 3.11. The molecule has 0 fully saturated rings. The average molecular weight is 380 g/mol. The van der Waals surface area contributed by atoms with Gasteiger partial charge in [-0.15, -0.1) is 12.4 Å². The molecule has 0 saturated heterocycles. The fourth-order valence-corrected chi connectivity index (χ4v) is 3.41. The zero-order valence-corrected chi connectivity index (χ0v) is 16.0. The van der Waals surface area contributed by atoms with Crippen LogP contribution in [-0.4, -0.2) is 19.9 Å². The van der Waals surface area contributed by atoms with E-state index < -0.39 is 0 Å². The third kappa shape index (κ3) is 3.96. The Hall–Kier alpha value is -2.85. The topological polar surface area (TPSA) is 39.8 Å². The number of fused-ring (bicyclic) bond motifs is 1. The Labute approximate surface area is 164 Å². The van der Waals surface area contributed by atoms with E-state index in [9.17, 15) is 4.79 Å². The second-order valence-corrected chi connectivity index (χ2v) is 6.54. The highest BCUT2D eigenvalue weighted by molar-refractivity contribution is 6.08. The molecule has 0 radical (unpaired) electrons. The first-order chi connectivity index (χ1) is 12.7. The number of aryl methyl sites for hydroxylation is 2. The minimum absolute atomic E-state index is 0. The molecule has 138 valence electrons. The first-order valence-corrected chi connectivity index (χ1v) is 8.83. The number of benzene rings is 2. The molecule has 4 rings (SSSR count). The fraction of sp³-hybridized carbons (Fsp3) is 0.182. The molecule has 0 bridgehead atoms. The summed E-state index contributed by atoms with van der Waals surface area (Å²) in [6.45, 7) is 0.643. The molecule has 0 aliphatic rings. The van der Waals surface area contributed by atoms with Gasteiger partial charge in [0.1, 0.15) is 5.82 Å². The van der Waals surface area contributed by atoms with Crippen molar-refractivity contribution in [3.05, 3.63) is 90.1 Å². The van der Waals surface area contributed by atoms with Crippen molar-refractivity contribution in [3.8, 4) is 0 Å². The van der Waals surface area contributed by atoms with Crippen molar-refractivity contribution < 1.29 is 4.79 Å². The molecule has 2 aromatic heterocycles. The summed E-state index contributed by atoms with van der Waals surface area (Å²) in [6, 6.07) is 18.3. The molecule has 0 unspecified atom stereocenters. The number of ketones is 1. The molecule has 2 heterocycles. The lowest BCUT2D eigenvalue weighted by Gasteiger charge is -2.07. The molecule has 4 aromatic rings. The highest BCUT2D eigenvalue weighted by Gasteiger charge is 2.14. The largest absolute Gasteiger partial charge is 0.350 e. The third-order valence-corrected chi connectivity index (χ3v) is 4.78. The first kappa shape index (κ1) is 18.9. The Morgan fingerprint density at radius 3 is 2.59 bits per heavy atom. The molecular weight excluding hydrogens is 358 g/mol. The molecule has 27 heavy (non-hydrogen) atoms. The van der Waals surface area contributed by atoms with Gasteiger partial charge in [-0.1, -0.05) is 48.5 Å². The van der Waals surface area contributed by atoms with Gasteiger partial charge in [0.15, 0.2) is 5.78 Å². The molecule has 0 aliphatic heterocycles. The Morgan fingerprint density at radius 2 is 1.78 bits per heavy atom. The quantitative estimate of drug-likeness (QED) is 0.457. The summed E-state index contributed by atoms with van der Waals surface area (Å²) >= 11 is 0. The summed E-state index contributed by atoms with van der Waals surface area (Å²) in [5, 5.41) is 1.02. The molecule has 0 N–H and O–H groups in total. The highest BCUT2D eigenvalue weighted by atomic mass is 35.5. The van der Waals surface area contributed by atoms with E-state index in [4.69, 9.17) is 0 Å². The van der Waals surface area contributed by atoms with E-state index in [-0.39, 0.29) is 18.2 Å². The van der Waals surface area contributed by atoms with Crippen molar-refractivity contribution >= 4 is 29.1 Å². The molecule has 0 aliphatic carbocycles. The van der Waals surface area contributed by atoms with Gasteiger partial charge < -0.3 is 9.13 Å². The first-order valence-electron chi connectivity index (χ1n) is 8.83. The van der Waals surface area contributed by atoms with Crippen LogP contribution in [0.4, 0.5) is 0 Å². The van der Waals surface area contributed by atoms with E-state index in [1.807, 2.05) is 66.5 Å². The zero-order valence-electron chi connectivity index (χ0n) is 15.2. The number of hydrogen-bond donors (Lipinski definition) is 0. The maximum absolute atomic E-state index is 12.8. The Balaban J connectivity index is 0.00000210. The average Bonchev–Trinajstić information content (AvgIpc) is 3.25. The van der Waals surface area contributed by atoms with Crippen LogP contribution in [0.3, 0.4) is 0 Å². The Morgan fingerprint density at radius 1 is 1.04 bits per heavy atom. The SMILES string of the molecule is Cl.Cn1cc(C(=O)CCn2ccnc2Cc2ccccc2)c2ccccc21. The Bertz CT molecular complexity index is 1050. The van der Waals surface area contributed by atoms with E-state index >= 15 is 0 Å². The van der Waals surface area contributed by atoms with Gasteiger partial charge >= 0.3 is 0 Å². The molecule has 0 saturated carbocycles. The number of carbonyl (C=O) groups is 1.